The zero-order chi connectivity index (χ0) is 17.6. The van der Waals surface area contributed by atoms with E-state index in [1.54, 1.807) is 6.20 Å². The molecule has 2 aromatic carbocycles. The van der Waals surface area contributed by atoms with Crippen LogP contribution in [0.3, 0.4) is 0 Å². The summed E-state index contributed by atoms with van der Waals surface area (Å²) in [7, 11) is -3.66. The van der Waals surface area contributed by atoms with Crippen LogP contribution in [0, 0.1) is 20.8 Å². The highest BCUT2D eigenvalue weighted by Gasteiger charge is 2.23. The first-order chi connectivity index (χ1) is 11.2. The van der Waals surface area contributed by atoms with E-state index in [1.807, 2.05) is 64.1 Å². The van der Waals surface area contributed by atoms with E-state index in [0.29, 0.717) is 10.4 Å². The van der Waals surface area contributed by atoms with Crippen molar-refractivity contribution in [3.63, 3.8) is 0 Å². The number of hydrogen-bond acceptors (Lipinski definition) is 2. The smallest absolute Gasteiger partial charge is 0.241 e. The molecule has 0 amide bonds. The van der Waals surface area contributed by atoms with E-state index in [9.17, 15) is 8.42 Å². The third kappa shape index (κ3) is 2.57. The lowest BCUT2D eigenvalue weighted by molar-refractivity contribution is 0.588. The first-order valence-electron chi connectivity index (χ1n) is 7.82. The van der Waals surface area contributed by atoms with Crippen LogP contribution >= 0.6 is 0 Å². The molecule has 0 spiro atoms. The van der Waals surface area contributed by atoms with Crippen LogP contribution in [-0.4, -0.2) is 12.4 Å². The Hall–Kier alpha value is -2.33. The summed E-state index contributed by atoms with van der Waals surface area (Å²) in [4.78, 5) is 0.381. The van der Waals surface area contributed by atoms with Crippen molar-refractivity contribution < 1.29 is 8.42 Å². The van der Waals surface area contributed by atoms with E-state index < -0.39 is 10.0 Å². The Kier molecular flexibility index (Phi) is 3.88. The summed E-state index contributed by atoms with van der Waals surface area (Å²) in [6, 6.07) is 11.4. The molecule has 0 unspecified atom stereocenters. The highest BCUT2D eigenvalue weighted by Crippen LogP contribution is 2.29. The molecule has 0 aliphatic rings. The van der Waals surface area contributed by atoms with Gasteiger partial charge in [-0.25, -0.2) is 12.4 Å². The van der Waals surface area contributed by atoms with Crippen LogP contribution in [0.2, 0.25) is 0 Å². The molecule has 0 aliphatic carbocycles. The van der Waals surface area contributed by atoms with Crippen LogP contribution in [0.4, 0.5) is 0 Å². The van der Waals surface area contributed by atoms with Gasteiger partial charge in [-0.1, -0.05) is 42.0 Å². The van der Waals surface area contributed by atoms with E-state index in [0.717, 1.165) is 33.2 Å². The molecule has 0 saturated carbocycles. The number of fused-ring (bicyclic) bond motifs is 1. The predicted octanol–water partition coefficient (Wildman–Crippen LogP) is 4.84. The molecule has 0 fully saturated rings. The maximum absolute atomic E-state index is 13.3. The van der Waals surface area contributed by atoms with Gasteiger partial charge in [0.15, 0.2) is 0 Å². The fourth-order valence-corrected chi connectivity index (χ4v) is 5.02. The minimum atomic E-state index is -3.66. The van der Waals surface area contributed by atoms with Gasteiger partial charge in [-0.15, -0.1) is 0 Å². The van der Waals surface area contributed by atoms with Crippen LogP contribution in [0.1, 0.15) is 29.2 Å². The molecule has 0 radical (unpaired) electrons. The Morgan fingerprint density at radius 2 is 1.62 bits per heavy atom. The second-order valence-electron chi connectivity index (χ2n) is 6.40. The maximum atomic E-state index is 13.3. The van der Waals surface area contributed by atoms with Crippen molar-refractivity contribution in [1.82, 2.24) is 3.97 Å². The number of benzene rings is 2. The van der Waals surface area contributed by atoms with Crippen LogP contribution in [0.5, 0.6) is 0 Å². The lowest BCUT2D eigenvalue weighted by Crippen LogP contribution is -2.15. The van der Waals surface area contributed by atoms with Crippen molar-refractivity contribution in [2.45, 2.75) is 32.6 Å². The van der Waals surface area contributed by atoms with Gasteiger partial charge in [-0.3, -0.25) is 0 Å². The minimum Gasteiger partial charge on any atom is -0.241 e. The molecule has 3 nitrogen and oxygen atoms in total. The Bertz CT molecular complexity index is 1050. The lowest BCUT2D eigenvalue weighted by atomic mass is 10.1. The monoisotopic (exact) mass is 339 g/mol. The molecule has 3 rings (SSSR count). The fourth-order valence-electron chi connectivity index (χ4n) is 3.25. The Morgan fingerprint density at radius 1 is 1.00 bits per heavy atom. The third-order valence-corrected chi connectivity index (χ3v) is 6.27. The maximum Gasteiger partial charge on any atom is 0.268 e. The van der Waals surface area contributed by atoms with Crippen molar-refractivity contribution in [3.05, 3.63) is 71.4 Å². The molecule has 124 valence electrons. The first kappa shape index (κ1) is 16.5. The SMILES string of the molecule is C=C(C)c1ccc2ccn(S(=O)(=O)c3c(C)cc(C)cc3C)c2c1. The number of allylic oxidation sites excluding steroid dienone is 1. The number of hydrogen-bond donors (Lipinski definition) is 0. The topological polar surface area (TPSA) is 39.1 Å². The molecule has 3 aromatic rings. The summed E-state index contributed by atoms with van der Waals surface area (Å²) in [5, 5.41) is 0.894. The summed E-state index contributed by atoms with van der Waals surface area (Å²) in [5.74, 6) is 0. The Balaban J connectivity index is 2.30. The average Bonchev–Trinajstić information content (AvgIpc) is 2.89. The average molecular weight is 339 g/mol. The van der Waals surface area contributed by atoms with Gasteiger partial charge < -0.3 is 0 Å². The predicted molar refractivity (Wildman–Crippen MR) is 99.9 cm³/mol. The van der Waals surface area contributed by atoms with Gasteiger partial charge in [0.1, 0.15) is 0 Å². The van der Waals surface area contributed by atoms with E-state index in [1.165, 1.54) is 3.97 Å². The number of aromatic nitrogens is 1. The van der Waals surface area contributed by atoms with Crippen molar-refractivity contribution in [3.8, 4) is 0 Å². The molecular weight excluding hydrogens is 318 g/mol. The molecule has 0 atom stereocenters. The highest BCUT2D eigenvalue weighted by atomic mass is 32.2. The number of rotatable bonds is 3. The van der Waals surface area contributed by atoms with E-state index >= 15 is 0 Å². The summed E-state index contributed by atoms with van der Waals surface area (Å²) < 4.78 is 27.9. The second-order valence-corrected chi connectivity index (χ2v) is 8.15. The van der Waals surface area contributed by atoms with Crippen molar-refractivity contribution >= 4 is 26.5 Å². The molecule has 1 aromatic heterocycles. The zero-order valence-electron chi connectivity index (χ0n) is 14.4. The molecule has 4 heteroatoms. The van der Waals surface area contributed by atoms with Crippen molar-refractivity contribution in [2.75, 3.05) is 0 Å². The Labute approximate surface area is 143 Å². The fraction of sp³-hybridized carbons (Fsp3) is 0.200. The summed E-state index contributed by atoms with van der Waals surface area (Å²) >= 11 is 0. The second kappa shape index (κ2) is 5.64. The quantitative estimate of drug-likeness (QED) is 0.685. The standard InChI is InChI=1S/C20H21NO2S/c1-13(2)18-7-6-17-8-9-21(19(17)12-18)24(22,23)20-15(4)10-14(3)11-16(20)5/h6-12H,1H2,2-5H3. The molecule has 0 N–H and O–H groups in total. The van der Waals surface area contributed by atoms with Crippen molar-refractivity contribution in [2.24, 2.45) is 0 Å². The molecule has 1 heterocycles. The summed E-state index contributed by atoms with van der Waals surface area (Å²) in [5.41, 5.74) is 5.12. The van der Waals surface area contributed by atoms with Gasteiger partial charge in [-0.2, -0.15) is 0 Å². The zero-order valence-corrected chi connectivity index (χ0v) is 15.2. The number of aryl methyl sites for hydroxylation is 3. The normalized spacial score (nSPS) is 11.8. The van der Waals surface area contributed by atoms with Crippen LogP contribution < -0.4 is 0 Å². The van der Waals surface area contributed by atoms with Crippen LogP contribution in [0.25, 0.3) is 16.5 Å². The van der Waals surface area contributed by atoms with Gasteiger partial charge in [0, 0.05) is 11.6 Å². The lowest BCUT2D eigenvalue weighted by Gasteiger charge is -2.14. The van der Waals surface area contributed by atoms with E-state index in [2.05, 4.69) is 6.58 Å². The van der Waals surface area contributed by atoms with Crippen LogP contribution in [-0.2, 0) is 10.0 Å². The molecule has 24 heavy (non-hydrogen) atoms. The molecule has 0 aliphatic heterocycles. The van der Waals surface area contributed by atoms with Gasteiger partial charge in [0.25, 0.3) is 10.0 Å². The van der Waals surface area contributed by atoms with Gasteiger partial charge in [-0.05, 0) is 56.5 Å². The van der Waals surface area contributed by atoms with Crippen LogP contribution in [0.15, 0.2) is 54.1 Å². The summed E-state index contributed by atoms with van der Waals surface area (Å²) in [6.45, 7) is 11.5. The van der Waals surface area contributed by atoms with Crippen molar-refractivity contribution in [1.29, 1.82) is 0 Å². The first-order valence-corrected chi connectivity index (χ1v) is 9.26. The Morgan fingerprint density at radius 3 is 2.21 bits per heavy atom. The molecule has 0 saturated heterocycles. The van der Waals surface area contributed by atoms with Gasteiger partial charge >= 0.3 is 0 Å². The highest BCUT2D eigenvalue weighted by molar-refractivity contribution is 7.90. The van der Waals surface area contributed by atoms with E-state index in [4.69, 9.17) is 0 Å². The largest absolute Gasteiger partial charge is 0.268 e. The van der Waals surface area contributed by atoms with E-state index in [-0.39, 0.29) is 0 Å². The molecule has 0 bridgehead atoms. The summed E-state index contributed by atoms with van der Waals surface area (Å²) in [6.07, 6.45) is 1.63. The number of nitrogens with zero attached hydrogens (tertiary/aromatic N) is 1. The van der Waals surface area contributed by atoms with Gasteiger partial charge in [0.2, 0.25) is 0 Å². The minimum absolute atomic E-state index is 0.381. The molecular formula is C20H21NO2S. The third-order valence-electron chi connectivity index (χ3n) is 4.27. The van der Waals surface area contributed by atoms with Gasteiger partial charge in [0.05, 0.1) is 10.4 Å².